The van der Waals surface area contributed by atoms with E-state index in [1.54, 1.807) is 30.3 Å². The zero-order valence-corrected chi connectivity index (χ0v) is 20.4. The highest BCUT2D eigenvalue weighted by Gasteiger charge is 2.51. The van der Waals surface area contributed by atoms with Crippen molar-refractivity contribution in [2.24, 2.45) is 11.5 Å². The number of hydrogen-bond acceptors (Lipinski definition) is 7. The Morgan fingerprint density at radius 3 is 1.95 bits per heavy atom. The second-order valence-corrected chi connectivity index (χ2v) is 8.25. The molecule has 0 spiro atoms. The van der Waals surface area contributed by atoms with Gasteiger partial charge in [-0.15, -0.1) is 0 Å². The molecule has 0 fully saturated rings. The molecule has 3 aromatic carbocycles. The average molecular weight is 519 g/mol. The van der Waals surface area contributed by atoms with Crippen LogP contribution in [0.4, 0.5) is 20.1 Å². The van der Waals surface area contributed by atoms with Crippen LogP contribution in [-0.4, -0.2) is 29.8 Å². The van der Waals surface area contributed by atoms with Gasteiger partial charge in [0.25, 0.3) is 0 Å². The van der Waals surface area contributed by atoms with E-state index in [1.807, 2.05) is 0 Å². The minimum Gasteiger partial charge on any atom is -0.436 e. The Hall–Kier alpha value is -5.19. The zero-order valence-electron chi connectivity index (χ0n) is 20.4. The van der Waals surface area contributed by atoms with Crippen molar-refractivity contribution in [3.05, 3.63) is 101 Å². The van der Waals surface area contributed by atoms with E-state index in [4.69, 9.17) is 20.9 Å². The summed E-state index contributed by atoms with van der Waals surface area (Å²) >= 11 is 0. The van der Waals surface area contributed by atoms with E-state index >= 15 is 0 Å². The quantitative estimate of drug-likeness (QED) is 0.353. The standard InChI is InChI=1S/C27H24N3O8/c1-15(31)17-8-10-19(11-9-17)27(38-25(29)34,23(37-24(28)33)18-6-4-3-5-7-18)22-13-12-20(30-26(35)36)14-21(22)16(2)32/h3-14,23,30H,1-2H3,(H2,28,33)(H2,29,34). The topological polar surface area (TPSA) is 188 Å². The van der Waals surface area contributed by atoms with Crippen LogP contribution in [0.1, 0.15) is 57.4 Å². The molecule has 0 aliphatic carbocycles. The fourth-order valence-electron chi connectivity index (χ4n) is 4.21. The van der Waals surface area contributed by atoms with E-state index in [9.17, 15) is 29.1 Å². The molecule has 0 bridgehead atoms. The number of primary amides is 2. The fourth-order valence-corrected chi connectivity index (χ4v) is 4.21. The normalized spacial score (nSPS) is 12.9. The van der Waals surface area contributed by atoms with E-state index in [0.29, 0.717) is 11.1 Å². The number of nitrogens with two attached hydrogens (primary N) is 2. The van der Waals surface area contributed by atoms with E-state index in [1.165, 1.54) is 56.3 Å². The third-order valence-corrected chi connectivity index (χ3v) is 5.73. The van der Waals surface area contributed by atoms with Crippen molar-refractivity contribution in [1.29, 1.82) is 0 Å². The molecule has 1 radical (unpaired) electrons. The molecule has 11 heteroatoms. The molecule has 2 atom stereocenters. The van der Waals surface area contributed by atoms with E-state index in [2.05, 4.69) is 5.32 Å². The molecular formula is C27H24N3O8. The number of benzene rings is 3. The van der Waals surface area contributed by atoms with Crippen molar-refractivity contribution in [3.63, 3.8) is 0 Å². The van der Waals surface area contributed by atoms with Gasteiger partial charge in [-0.3, -0.25) is 14.9 Å². The number of carbonyl (C=O) groups is 5. The second kappa shape index (κ2) is 11.2. The first-order chi connectivity index (χ1) is 18.0. The van der Waals surface area contributed by atoms with Crippen LogP contribution in [0.5, 0.6) is 0 Å². The Bertz CT molecular complexity index is 1390. The SMILES string of the molecule is CC(=O)c1ccc(C(OC(N)=O)(c2ccc(NC([O])=O)cc2C(C)=O)C(OC(N)=O)c2ccccc2)cc1. The highest BCUT2D eigenvalue weighted by molar-refractivity contribution is 5.98. The number of anilines is 1. The first-order valence-corrected chi connectivity index (χ1v) is 11.2. The van der Waals surface area contributed by atoms with Gasteiger partial charge >= 0.3 is 18.3 Å². The predicted molar refractivity (Wildman–Crippen MR) is 134 cm³/mol. The third-order valence-electron chi connectivity index (χ3n) is 5.73. The van der Waals surface area contributed by atoms with Crippen LogP contribution in [0.15, 0.2) is 72.8 Å². The monoisotopic (exact) mass is 518 g/mol. The average Bonchev–Trinajstić information content (AvgIpc) is 2.86. The molecule has 3 aromatic rings. The van der Waals surface area contributed by atoms with Crippen molar-refractivity contribution in [2.75, 3.05) is 5.32 Å². The number of Topliss-reactive ketones (excluding diaryl/α,β-unsaturated/α-hetero) is 2. The lowest BCUT2D eigenvalue weighted by molar-refractivity contribution is -0.0632. The first-order valence-electron chi connectivity index (χ1n) is 11.2. The van der Waals surface area contributed by atoms with Gasteiger partial charge in [0.1, 0.15) is 0 Å². The van der Waals surface area contributed by atoms with Crippen LogP contribution in [-0.2, 0) is 20.2 Å². The van der Waals surface area contributed by atoms with Crippen molar-refractivity contribution in [2.45, 2.75) is 25.6 Å². The van der Waals surface area contributed by atoms with Crippen LogP contribution in [0.2, 0.25) is 0 Å². The van der Waals surface area contributed by atoms with Crippen LogP contribution < -0.4 is 16.8 Å². The Morgan fingerprint density at radius 2 is 1.45 bits per heavy atom. The summed E-state index contributed by atoms with van der Waals surface area (Å²) in [7, 11) is 0. The maximum absolute atomic E-state index is 12.9. The first kappa shape index (κ1) is 27.4. The highest BCUT2D eigenvalue weighted by atomic mass is 16.6. The largest absolute Gasteiger partial charge is 0.454 e. The van der Waals surface area contributed by atoms with E-state index < -0.39 is 35.8 Å². The molecule has 0 aliphatic rings. The van der Waals surface area contributed by atoms with Crippen LogP contribution in [0, 0.1) is 0 Å². The molecule has 0 saturated carbocycles. The molecule has 5 N–H and O–H groups in total. The van der Waals surface area contributed by atoms with Crippen molar-refractivity contribution in [3.8, 4) is 0 Å². The molecule has 2 unspecified atom stereocenters. The summed E-state index contributed by atoms with van der Waals surface area (Å²) in [5, 5.41) is 13.2. The van der Waals surface area contributed by atoms with Gasteiger partial charge < -0.3 is 20.9 Å². The maximum atomic E-state index is 12.9. The predicted octanol–water partition coefficient (Wildman–Crippen LogP) is 4.23. The Kier molecular flexibility index (Phi) is 8.11. The van der Waals surface area contributed by atoms with Gasteiger partial charge in [0.15, 0.2) is 17.7 Å². The number of carbonyl (C=O) groups excluding carboxylic acids is 5. The molecule has 0 aromatic heterocycles. The molecule has 3 rings (SSSR count). The molecule has 195 valence electrons. The van der Waals surface area contributed by atoms with Crippen molar-refractivity contribution in [1.82, 2.24) is 0 Å². The maximum Gasteiger partial charge on any atom is 0.454 e. The summed E-state index contributed by atoms with van der Waals surface area (Å²) in [5.41, 5.74) is 9.54. The zero-order chi connectivity index (χ0) is 28.0. The van der Waals surface area contributed by atoms with Gasteiger partial charge in [-0.1, -0.05) is 60.7 Å². The molecular weight excluding hydrogens is 494 g/mol. The summed E-state index contributed by atoms with van der Waals surface area (Å²) in [5.74, 6) is -0.793. The number of ether oxygens (including phenoxy) is 2. The van der Waals surface area contributed by atoms with Gasteiger partial charge in [-0.25, -0.2) is 19.5 Å². The van der Waals surface area contributed by atoms with Crippen LogP contribution >= 0.6 is 0 Å². The van der Waals surface area contributed by atoms with Gasteiger partial charge in [-0.05, 0) is 31.5 Å². The van der Waals surface area contributed by atoms with E-state index in [-0.39, 0.29) is 28.2 Å². The minimum atomic E-state index is -2.13. The molecule has 11 nitrogen and oxygen atoms in total. The molecule has 0 saturated heterocycles. The van der Waals surface area contributed by atoms with E-state index in [0.717, 1.165) is 0 Å². The Morgan fingerprint density at radius 1 is 0.816 bits per heavy atom. The summed E-state index contributed by atoms with van der Waals surface area (Å²) in [6.07, 6.45) is -5.63. The smallest absolute Gasteiger partial charge is 0.436 e. The lowest BCUT2D eigenvalue weighted by atomic mass is 9.75. The molecule has 0 aliphatic heterocycles. The molecule has 3 amide bonds. The summed E-state index contributed by atoms with van der Waals surface area (Å²) in [4.78, 5) is 60.5. The lowest BCUT2D eigenvalue weighted by Crippen LogP contribution is -2.45. The number of rotatable bonds is 9. The fraction of sp³-hybridized carbons (Fsp3) is 0.148. The lowest BCUT2D eigenvalue weighted by Gasteiger charge is -2.40. The Labute approximate surface area is 217 Å². The number of nitrogens with one attached hydrogen (secondary N) is 1. The highest BCUT2D eigenvalue weighted by Crippen LogP contribution is 2.48. The minimum absolute atomic E-state index is 0.00150. The van der Waals surface area contributed by atoms with Gasteiger partial charge in [0.2, 0.25) is 5.60 Å². The second-order valence-electron chi connectivity index (χ2n) is 8.25. The summed E-state index contributed by atoms with van der Waals surface area (Å²) in [6, 6.07) is 17.8. The number of ketones is 2. The Balaban J connectivity index is 2.49. The van der Waals surface area contributed by atoms with Gasteiger partial charge in [0, 0.05) is 27.9 Å². The van der Waals surface area contributed by atoms with Crippen molar-refractivity contribution < 1.29 is 38.6 Å². The van der Waals surface area contributed by atoms with Gasteiger partial charge in [0.05, 0.1) is 0 Å². The van der Waals surface area contributed by atoms with Crippen LogP contribution in [0.3, 0.4) is 0 Å². The van der Waals surface area contributed by atoms with Gasteiger partial charge in [-0.2, -0.15) is 0 Å². The molecule has 38 heavy (non-hydrogen) atoms. The summed E-state index contributed by atoms with van der Waals surface area (Å²) in [6.45, 7) is 2.57. The molecule has 0 heterocycles. The third kappa shape index (κ3) is 5.78. The van der Waals surface area contributed by atoms with Crippen LogP contribution in [0.25, 0.3) is 0 Å². The van der Waals surface area contributed by atoms with Crippen molar-refractivity contribution >= 4 is 35.5 Å². The number of hydrogen-bond donors (Lipinski definition) is 3. The summed E-state index contributed by atoms with van der Waals surface area (Å²) < 4.78 is 11.3. The number of amides is 3.